The second kappa shape index (κ2) is 15.3. The van der Waals surface area contributed by atoms with Gasteiger partial charge in [-0.05, 0) is 55.9 Å². The van der Waals surface area contributed by atoms with Gasteiger partial charge in [0.2, 0.25) is 5.91 Å². The molecule has 6 aliphatic heterocycles. The molecular weight excluding hydrogens is 762 g/mol. The molecule has 1 fully saturated rings. The van der Waals surface area contributed by atoms with E-state index in [0.717, 1.165) is 17.7 Å². The second-order valence-electron chi connectivity index (χ2n) is 16.6. The molecule has 16 nitrogen and oxygen atoms in total. The Balaban J connectivity index is 1.06. The van der Waals surface area contributed by atoms with E-state index >= 15 is 0 Å². The molecule has 0 bridgehead atoms. The molecule has 1 aliphatic carbocycles. The maximum absolute atomic E-state index is 13.7. The van der Waals surface area contributed by atoms with Crippen molar-refractivity contribution in [3.05, 3.63) is 92.9 Å². The first kappa shape index (κ1) is 39.5. The Morgan fingerprint density at radius 2 is 1.93 bits per heavy atom. The number of anilines is 1. The molecule has 7 aliphatic rings. The van der Waals surface area contributed by atoms with Gasteiger partial charge >= 0.3 is 0 Å². The van der Waals surface area contributed by atoms with Crippen LogP contribution in [0.3, 0.4) is 0 Å². The molecular formula is C43H49N5O11. The molecule has 1 spiro atoms. The maximum Gasteiger partial charge on any atom is 0.220 e. The largest absolute Gasteiger partial charge is 0.481 e. The van der Waals surface area contributed by atoms with Gasteiger partial charge in [-0.1, -0.05) is 19.1 Å². The van der Waals surface area contributed by atoms with E-state index in [9.17, 15) is 35.1 Å². The zero-order valence-electron chi connectivity index (χ0n) is 32.9. The average Bonchev–Trinajstić information content (AvgIpc) is 4.07. The molecule has 9 unspecified atom stereocenters. The predicted octanol–water partition coefficient (Wildman–Crippen LogP) is 1.62. The number of rotatable bonds is 13. The zero-order chi connectivity index (χ0) is 41.2. The minimum absolute atomic E-state index is 0.00781. The van der Waals surface area contributed by atoms with Crippen molar-refractivity contribution in [2.75, 3.05) is 37.7 Å². The first-order chi connectivity index (χ1) is 28.4. The van der Waals surface area contributed by atoms with Gasteiger partial charge in [0, 0.05) is 68.2 Å². The Hall–Kier alpha value is -4.94. The number of amides is 1. The quantitative estimate of drug-likeness (QED) is 0.0964. The highest BCUT2D eigenvalue weighted by atomic mass is 17.2. The minimum atomic E-state index is -2.40. The van der Waals surface area contributed by atoms with Gasteiger partial charge in [0.15, 0.2) is 16.8 Å². The number of nitrogens with zero attached hydrogens (tertiary/aromatic N) is 4. The number of fused-ring (bicyclic) bond motifs is 4. The van der Waals surface area contributed by atoms with Crippen molar-refractivity contribution in [3.8, 4) is 5.75 Å². The lowest BCUT2D eigenvalue weighted by atomic mass is 9.71. The molecule has 1 aromatic carbocycles. The SMILES string of the molecule is CCC1C2=CC=NC2=CN1c1c2c(cc3c(=O)cc(C)oc13)CC(OOCC(O)C(O)(CN1CC=C3N=CC=C31)C(O)C(O)CO)C1(CC=CC(C3CNC(=O)C3)C1)O2. The number of nitrogens with one attached hydrogen (secondary N) is 1. The van der Waals surface area contributed by atoms with Crippen LogP contribution in [0.1, 0.15) is 43.9 Å². The standard InChI is InChI=1S/C43H49N5O11/c1-3-31-27-6-10-45-30(27)19-48(31)38-39-25(14-28-33(50)13-23(2)57-40(28)38)15-36(42(58-39)9-4-5-24(17-42)26-16-37(53)46-18-26)59-56-21-35(52)43(55,41(54)34(51)20-49)22-47-12-8-29-32(47)7-11-44-29/h4-8,10-11,13-14,19,24,26,31,34-36,41,49,51-52,54-55H,3,9,12,15-18,20-22H2,1-2H3,(H,46,53). The van der Waals surface area contributed by atoms with Crippen LogP contribution in [0.4, 0.5) is 5.69 Å². The molecule has 312 valence electrons. The molecule has 1 aromatic heterocycles. The predicted molar refractivity (Wildman–Crippen MR) is 216 cm³/mol. The number of aryl methyl sites for hydroxylation is 1. The molecule has 2 aromatic rings. The molecule has 9 rings (SSSR count). The van der Waals surface area contributed by atoms with Crippen molar-refractivity contribution in [1.29, 1.82) is 0 Å². The van der Waals surface area contributed by atoms with Crippen LogP contribution in [0.15, 0.2) is 90.6 Å². The van der Waals surface area contributed by atoms with Crippen molar-refractivity contribution in [2.45, 2.75) is 87.6 Å². The fraction of sp³-hybridized carbons (Fsp3) is 0.488. The highest BCUT2D eigenvalue weighted by Crippen LogP contribution is 2.52. The highest BCUT2D eigenvalue weighted by molar-refractivity contribution is 5.96. The van der Waals surface area contributed by atoms with Gasteiger partial charge in [-0.2, -0.15) is 0 Å². The van der Waals surface area contributed by atoms with Gasteiger partial charge in [0.05, 0.1) is 41.7 Å². The van der Waals surface area contributed by atoms with Crippen molar-refractivity contribution >= 4 is 35.0 Å². The summed E-state index contributed by atoms with van der Waals surface area (Å²) in [5, 5.41) is 58.1. The second-order valence-corrected chi connectivity index (χ2v) is 16.6. The van der Waals surface area contributed by atoms with Gasteiger partial charge in [-0.25, -0.2) is 9.78 Å². The zero-order valence-corrected chi connectivity index (χ0v) is 32.9. The number of aliphatic hydroxyl groups is 5. The van der Waals surface area contributed by atoms with Crippen LogP contribution >= 0.6 is 0 Å². The van der Waals surface area contributed by atoms with E-state index in [4.69, 9.17) is 18.9 Å². The third-order valence-corrected chi connectivity index (χ3v) is 12.9. The van der Waals surface area contributed by atoms with E-state index in [1.54, 1.807) is 36.4 Å². The van der Waals surface area contributed by atoms with Crippen LogP contribution < -0.4 is 20.4 Å². The molecule has 0 saturated carbocycles. The number of carbonyl (C=O) groups excluding carboxylic acids is 1. The number of β-amino-alcohol motifs (C(OH)–C–C–N with tert-alkyl or cyclic N) is 1. The third-order valence-electron chi connectivity index (χ3n) is 12.9. The summed E-state index contributed by atoms with van der Waals surface area (Å²) in [6, 6.07) is 3.11. The minimum Gasteiger partial charge on any atom is -0.481 e. The van der Waals surface area contributed by atoms with E-state index in [1.807, 2.05) is 24.4 Å². The summed E-state index contributed by atoms with van der Waals surface area (Å²) in [5.41, 5.74) is 1.20. The number of carbonyl (C=O) groups is 1. The maximum atomic E-state index is 13.7. The van der Waals surface area contributed by atoms with Crippen LogP contribution in [0.2, 0.25) is 0 Å². The Kier molecular flexibility index (Phi) is 10.2. The number of aliphatic hydroxyl groups excluding tert-OH is 4. The van der Waals surface area contributed by atoms with Crippen molar-refractivity contribution in [2.24, 2.45) is 21.8 Å². The fourth-order valence-corrected chi connectivity index (χ4v) is 9.73. The molecule has 6 N–H and O–H groups in total. The van der Waals surface area contributed by atoms with E-state index in [1.165, 1.54) is 6.07 Å². The number of ether oxygens (including phenoxy) is 1. The summed E-state index contributed by atoms with van der Waals surface area (Å²) in [7, 11) is 0. The average molecular weight is 812 g/mol. The smallest absolute Gasteiger partial charge is 0.220 e. The van der Waals surface area contributed by atoms with Gasteiger partial charge in [-0.15, -0.1) is 0 Å². The summed E-state index contributed by atoms with van der Waals surface area (Å²) in [5.74, 6) is 0.892. The fourth-order valence-electron chi connectivity index (χ4n) is 9.73. The van der Waals surface area contributed by atoms with E-state index in [0.29, 0.717) is 77.5 Å². The van der Waals surface area contributed by atoms with Crippen LogP contribution in [-0.4, -0.2) is 123 Å². The van der Waals surface area contributed by atoms with Crippen LogP contribution in [0.5, 0.6) is 5.75 Å². The number of hydrogen-bond donors (Lipinski definition) is 6. The molecule has 1 saturated heterocycles. The molecule has 7 heterocycles. The van der Waals surface area contributed by atoms with Crippen LogP contribution in [-0.2, 0) is 21.0 Å². The van der Waals surface area contributed by atoms with Crippen LogP contribution in [0.25, 0.3) is 11.0 Å². The molecule has 0 radical (unpaired) electrons. The molecule has 9 atom stereocenters. The lowest BCUT2D eigenvalue weighted by Crippen LogP contribution is -2.63. The van der Waals surface area contributed by atoms with E-state index < -0.39 is 48.8 Å². The normalized spacial score (nSPS) is 29.1. The Morgan fingerprint density at radius 1 is 1.12 bits per heavy atom. The van der Waals surface area contributed by atoms with Gasteiger partial charge in [-0.3, -0.25) is 19.6 Å². The summed E-state index contributed by atoms with van der Waals surface area (Å²) < 4.78 is 13.7. The van der Waals surface area contributed by atoms with Gasteiger partial charge < -0.3 is 49.8 Å². The first-order valence-electron chi connectivity index (χ1n) is 20.3. The van der Waals surface area contributed by atoms with E-state index in [2.05, 4.69) is 33.2 Å². The van der Waals surface area contributed by atoms with Crippen molar-refractivity contribution in [3.63, 3.8) is 0 Å². The van der Waals surface area contributed by atoms with Gasteiger partial charge in [0.25, 0.3) is 0 Å². The molecule has 59 heavy (non-hydrogen) atoms. The summed E-state index contributed by atoms with van der Waals surface area (Å²) in [6.07, 6.45) is 10.8. The summed E-state index contributed by atoms with van der Waals surface area (Å²) >= 11 is 0. The number of aliphatic imine (C=N–C) groups is 2. The number of allylic oxidation sites excluding steroid dienone is 3. The van der Waals surface area contributed by atoms with Crippen LogP contribution in [0, 0.1) is 18.8 Å². The number of benzene rings is 1. The van der Waals surface area contributed by atoms with E-state index in [-0.39, 0.29) is 42.2 Å². The summed E-state index contributed by atoms with van der Waals surface area (Å²) in [4.78, 5) is 50.8. The third kappa shape index (κ3) is 6.76. The lowest BCUT2D eigenvalue weighted by Gasteiger charge is -2.48. The lowest BCUT2D eigenvalue weighted by molar-refractivity contribution is -0.367. The number of hydrogen-bond acceptors (Lipinski definition) is 15. The molecule has 1 amide bonds. The highest BCUT2D eigenvalue weighted by Gasteiger charge is 2.53. The Morgan fingerprint density at radius 3 is 2.71 bits per heavy atom. The summed E-state index contributed by atoms with van der Waals surface area (Å²) in [6.45, 7) is 2.83. The monoisotopic (exact) mass is 811 g/mol. The van der Waals surface area contributed by atoms with Crippen molar-refractivity contribution in [1.82, 2.24) is 10.2 Å². The topological polar surface area (TPSA) is 219 Å². The Labute approximate surface area is 339 Å². The molecule has 16 heteroatoms. The Bertz CT molecular complexity index is 2330. The first-order valence-corrected chi connectivity index (χ1v) is 20.3. The van der Waals surface area contributed by atoms with Crippen molar-refractivity contribution < 1.29 is 49.3 Å². The van der Waals surface area contributed by atoms with Gasteiger partial charge in [0.1, 0.15) is 53.7 Å².